The van der Waals surface area contributed by atoms with E-state index in [1.807, 2.05) is 6.92 Å². The number of aromatic nitrogens is 1. The number of ketones is 1. The van der Waals surface area contributed by atoms with Gasteiger partial charge in [0, 0.05) is 37.5 Å². The maximum Gasteiger partial charge on any atom is 0.164 e. The Morgan fingerprint density at radius 1 is 1.56 bits per heavy atom. The molecule has 0 saturated carbocycles. The molecule has 0 N–H and O–H groups in total. The van der Waals surface area contributed by atoms with Crippen LogP contribution in [0.4, 0.5) is 0 Å². The Kier molecular flexibility index (Phi) is 5.11. The van der Waals surface area contributed by atoms with Crippen LogP contribution in [0.5, 0.6) is 0 Å². The van der Waals surface area contributed by atoms with Crippen molar-refractivity contribution in [2.75, 3.05) is 13.1 Å². The molecular formula is C11H15N3O2. The molecule has 0 aromatic carbocycles. The summed E-state index contributed by atoms with van der Waals surface area (Å²) in [6.07, 6.45) is 4.23. The lowest BCUT2D eigenvalue weighted by molar-refractivity contribution is 0.0975. The highest BCUT2D eigenvalue weighted by molar-refractivity contribution is 5.95. The first kappa shape index (κ1) is 12.3. The number of carbonyl (C=O) groups excluding carboxylic acids is 1. The van der Waals surface area contributed by atoms with E-state index in [0.717, 1.165) is 0 Å². The molecule has 1 aromatic rings. The van der Waals surface area contributed by atoms with Crippen molar-refractivity contribution in [3.8, 4) is 0 Å². The number of rotatable bonds is 7. The molecular weight excluding hydrogens is 206 g/mol. The lowest BCUT2D eigenvalue weighted by Gasteiger charge is -2.11. The minimum atomic E-state index is 0.0510. The third-order valence-corrected chi connectivity index (χ3v) is 2.28. The quantitative estimate of drug-likeness (QED) is 0.401. The minimum absolute atomic E-state index is 0.0510. The molecule has 0 atom stereocenters. The Bertz CT molecular complexity index is 340. The SMILES string of the molecule is CCN(CCCC(=O)c1cccnc1)N=O. The summed E-state index contributed by atoms with van der Waals surface area (Å²) in [5.41, 5.74) is 0.615. The Hall–Kier alpha value is -1.78. The highest BCUT2D eigenvalue weighted by atomic mass is 16.3. The molecule has 0 aliphatic carbocycles. The fourth-order valence-electron chi connectivity index (χ4n) is 1.35. The molecule has 16 heavy (non-hydrogen) atoms. The van der Waals surface area contributed by atoms with Gasteiger partial charge in [0.1, 0.15) is 0 Å². The fourth-order valence-corrected chi connectivity index (χ4v) is 1.35. The summed E-state index contributed by atoms with van der Waals surface area (Å²) < 4.78 is 0. The summed E-state index contributed by atoms with van der Waals surface area (Å²) in [7, 11) is 0. The number of hydrogen-bond donors (Lipinski definition) is 0. The Morgan fingerprint density at radius 3 is 2.94 bits per heavy atom. The van der Waals surface area contributed by atoms with E-state index >= 15 is 0 Å². The number of carbonyl (C=O) groups is 1. The van der Waals surface area contributed by atoms with Crippen molar-refractivity contribution >= 4 is 5.78 Å². The van der Waals surface area contributed by atoms with Crippen molar-refractivity contribution in [2.24, 2.45) is 5.29 Å². The van der Waals surface area contributed by atoms with E-state index < -0.39 is 0 Å². The number of nitroso groups, excluding NO2 is 1. The van der Waals surface area contributed by atoms with E-state index in [1.54, 1.807) is 24.5 Å². The van der Waals surface area contributed by atoms with E-state index in [2.05, 4.69) is 10.3 Å². The molecule has 1 rings (SSSR count). The third kappa shape index (κ3) is 3.76. The van der Waals surface area contributed by atoms with Gasteiger partial charge < -0.3 is 0 Å². The van der Waals surface area contributed by atoms with Gasteiger partial charge in [-0.2, -0.15) is 0 Å². The molecule has 5 nitrogen and oxygen atoms in total. The largest absolute Gasteiger partial charge is 0.294 e. The minimum Gasteiger partial charge on any atom is -0.294 e. The monoisotopic (exact) mass is 221 g/mol. The van der Waals surface area contributed by atoms with Crippen molar-refractivity contribution in [3.05, 3.63) is 35.0 Å². The van der Waals surface area contributed by atoms with Crippen LogP contribution in [0.3, 0.4) is 0 Å². The van der Waals surface area contributed by atoms with Crippen LogP contribution in [0.25, 0.3) is 0 Å². The molecule has 0 unspecified atom stereocenters. The van der Waals surface area contributed by atoms with E-state index in [1.165, 1.54) is 5.01 Å². The summed E-state index contributed by atoms with van der Waals surface area (Å²) in [6, 6.07) is 3.48. The summed E-state index contributed by atoms with van der Waals surface area (Å²) in [5.74, 6) is 0.0510. The summed E-state index contributed by atoms with van der Waals surface area (Å²) in [6.45, 7) is 2.95. The first-order valence-electron chi connectivity index (χ1n) is 5.29. The van der Waals surface area contributed by atoms with Crippen molar-refractivity contribution in [1.82, 2.24) is 9.99 Å². The Labute approximate surface area is 94.4 Å². The zero-order valence-electron chi connectivity index (χ0n) is 9.30. The van der Waals surface area contributed by atoms with Gasteiger partial charge in [-0.3, -0.25) is 14.8 Å². The average molecular weight is 221 g/mol. The molecule has 1 aromatic heterocycles. The zero-order chi connectivity index (χ0) is 11.8. The molecule has 0 bridgehead atoms. The highest BCUT2D eigenvalue weighted by Gasteiger charge is 2.06. The number of hydrogen-bond acceptors (Lipinski definition) is 4. The van der Waals surface area contributed by atoms with Crippen molar-refractivity contribution in [2.45, 2.75) is 19.8 Å². The van der Waals surface area contributed by atoms with Gasteiger partial charge in [-0.05, 0) is 25.5 Å². The lowest BCUT2D eigenvalue weighted by Crippen LogP contribution is -2.18. The van der Waals surface area contributed by atoms with Crippen LogP contribution in [0, 0.1) is 4.91 Å². The van der Waals surface area contributed by atoms with Gasteiger partial charge in [-0.15, -0.1) is 4.91 Å². The zero-order valence-corrected chi connectivity index (χ0v) is 9.30. The van der Waals surface area contributed by atoms with Gasteiger partial charge in [0.25, 0.3) is 0 Å². The lowest BCUT2D eigenvalue weighted by atomic mass is 10.1. The van der Waals surface area contributed by atoms with Gasteiger partial charge in [0.15, 0.2) is 5.78 Å². The fraction of sp³-hybridized carbons (Fsp3) is 0.455. The van der Waals surface area contributed by atoms with E-state index in [-0.39, 0.29) is 5.78 Å². The van der Waals surface area contributed by atoms with Crippen LogP contribution >= 0.6 is 0 Å². The predicted molar refractivity (Wildman–Crippen MR) is 60.8 cm³/mol. The Morgan fingerprint density at radius 2 is 2.38 bits per heavy atom. The molecule has 1 heterocycles. The van der Waals surface area contributed by atoms with Gasteiger partial charge in [0.05, 0.1) is 5.29 Å². The maximum absolute atomic E-state index is 11.6. The van der Waals surface area contributed by atoms with Gasteiger partial charge >= 0.3 is 0 Å². The first-order valence-corrected chi connectivity index (χ1v) is 5.29. The number of Topliss-reactive ketones (excluding diaryl/α,β-unsaturated/α-hetero) is 1. The van der Waals surface area contributed by atoms with Gasteiger partial charge in [-0.25, -0.2) is 0 Å². The smallest absolute Gasteiger partial charge is 0.164 e. The second-order valence-corrected chi connectivity index (χ2v) is 3.40. The molecule has 86 valence electrons. The molecule has 0 aliphatic rings. The van der Waals surface area contributed by atoms with Crippen molar-refractivity contribution < 1.29 is 4.79 Å². The predicted octanol–water partition coefficient (Wildman–Crippen LogP) is 2.05. The van der Waals surface area contributed by atoms with E-state index in [9.17, 15) is 9.70 Å². The molecule has 0 amide bonds. The summed E-state index contributed by atoms with van der Waals surface area (Å²) >= 11 is 0. The number of nitrogens with zero attached hydrogens (tertiary/aromatic N) is 3. The standard InChI is InChI=1S/C11H15N3O2/c1-2-14(13-16)8-4-6-11(15)10-5-3-7-12-9-10/h3,5,7,9H,2,4,6,8H2,1H3. The molecule has 5 heteroatoms. The molecule has 0 aliphatic heterocycles. The first-order chi connectivity index (χ1) is 7.77. The van der Waals surface area contributed by atoms with Gasteiger partial charge in [-0.1, -0.05) is 0 Å². The topological polar surface area (TPSA) is 62.6 Å². The van der Waals surface area contributed by atoms with Crippen LogP contribution in [-0.2, 0) is 0 Å². The summed E-state index contributed by atoms with van der Waals surface area (Å²) in [5, 5.41) is 4.24. The maximum atomic E-state index is 11.6. The van der Waals surface area contributed by atoms with Crippen molar-refractivity contribution in [1.29, 1.82) is 0 Å². The van der Waals surface area contributed by atoms with Crippen LogP contribution < -0.4 is 0 Å². The molecule has 0 fully saturated rings. The van der Waals surface area contributed by atoms with Crippen LogP contribution in [0.2, 0.25) is 0 Å². The average Bonchev–Trinajstić information content (AvgIpc) is 2.35. The molecule has 0 radical (unpaired) electrons. The second kappa shape index (κ2) is 6.66. The van der Waals surface area contributed by atoms with Crippen molar-refractivity contribution in [3.63, 3.8) is 0 Å². The third-order valence-electron chi connectivity index (χ3n) is 2.28. The van der Waals surface area contributed by atoms with E-state index in [4.69, 9.17) is 0 Å². The van der Waals surface area contributed by atoms with Gasteiger partial charge in [0.2, 0.25) is 0 Å². The highest BCUT2D eigenvalue weighted by Crippen LogP contribution is 2.04. The van der Waals surface area contributed by atoms with Crippen LogP contribution in [-0.4, -0.2) is 28.9 Å². The summed E-state index contributed by atoms with van der Waals surface area (Å²) in [4.78, 5) is 25.8. The van der Waals surface area contributed by atoms with E-state index in [0.29, 0.717) is 31.5 Å². The molecule has 0 spiro atoms. The molecule has 0 saturated heterocycles. The normalized spacial score (nSPS) is 9.81. The second-order valence-electron chi connectivity index (χ2n) is 3.40. The van der Waals surface area contributed by atoms with Crippen LogP contribution in [0.15, 0.2) is 29.8 Å². The number of pyridine rings is 1. The Balaban J connectivity index is 2.34. The van der Waals surface area contributed by atoms with Crippen LogP contribution in [0.1, 0.15) is 30.1 Å².